The first kappa shape index (κ1) is 18.4. The second-order valence-corrected chi connectivity index (χ2v) is 7.91. The van der Waals surface area contributed by atoms with E-state index < -0.39 is 21.6 Å². The molecule has 7 heteroatoms. The van der Waals surface area contributed by atoms with Crippen LogP contribution in [0, 0.1) is 5.82 Å². The van der Waals surface area contributed by atoms with Crippen LogP contribution < -0.4 is 0 Å². The zero-order chi connectivity index (χ0) is 17.9. The van der Waals surface area contributed by atoms with Gasteiger partial charge < -0.3 is 4.90 Å². The van der Waals surface area contributed by atoms with Crippen molar-refractivity contribution in [1.82, 2.24) is 4.90 Å². The highest BCUT2D eigenvalue weighted by Crippen LogP contribution is 2.23. The van der Waals surface area contributed by atoms with E-state index in [0.717, 1.165) is 0 Å². The molecule has 0 N–H and O–H groups in total. The summed E-state index contributed by atoms with van der Waals surface area (Å²) in [6.45, 7) is 1.45. The predicted molar refractivity (Wildman–Crippen MR) is 91.4 cm³/mol. The minimum atomic E-state index is -3.54. The summed E-state index contributed by atoms with van der Waals surface area (Å²) in [6.07, 6.45) is 0. The van der Waals surface area contributed by atoms with Crippen LogP contribution in [0.3, 0.4) is 0 Å². The average molecular weight is 370 g/mol. The zero-order valence-corrected chi connectivity index (χ0v) is 14.9. The van der Waals surface area contributed by atoms with Crippen molar-refractivity contribution in [3.8, 4) is 0 Å². The van der Waals surface area contributed by atoms with Crippen molar-refractivity contribution in [2.24, 2.45) is 0 Å². The van der Waals surface area contributed by atoms with Crippen molar-refractivity contribution in [3.63, 3.8) is 0 Å². The molecular weight excluding hydrogens is 353 g/mol. The molecule has 128 valence electrons. The summed E-state index contributed by atoms with van der Waals surface area (Å²) in [6, 6.07) is 10.3. The van der Waals surface area contributed by atoms with Gasteiger partial charge in [-0.25, -0.2) is 12.8 Å². The topological polar surface area (TPSA) is 54.5 Å². The number of nitrogens with zero attached hydrogens (tertiary/aromatic N) is 1. The summed E-state index contributed by atoms with van der Waals surface area (Å²) in [5, 5.41) is 0.212. The van der Waals surface area contributed by atoms with E-state index in [1.165, 1.54) is 49.2 Å². The van der Waals surface area contributed by atoms with Gasteiger partial charge in [-0.3, -0.25) is 4.79 Å². The van der Waals surface area contributed by atoms with Crippen LogP contribution in [0.25, 0.3) is 0 Å². The van der Waals surface area contributed by atoms with Crippen LogP contribution in [0.5, 0.6) is 0 Å². The van der Waals surface area contributed by atoms with Gasteiger partial charge in [0, 0.05) is 24.2 Å². The molecule has 2 aromatic carbocycles. The molecule has 0 fully saturated rings. The van der Waals surface area contributed by atoms with Gasteiger partial charge in [0.2, 0.25) is 0 Å². The van der Waals surface area contributed by atoms with Gasteiger partial charge in [0.15, 0.2) is 9.84 Å². The zero-order valence-electron chi connectivity index (χ0n) is 13.3. The number of benzene rings is 2. The third-order valence-electron chi connectivity index (χ3n) is 3.64. The quantitative estimate of drug-likeness (QED) is 0.810. The molecule has 2 rings (SSSR count). The second-order valence-electron chi connectivity index (χ2n) is 5.26. The van der Waals surface area contributed by atoms with E-state index >= 15 is 0 Å². The molecule has 0 spiro atoms. The maximum atomic E-state index is 13.9. The van der Waals surface area contributed by atoms with Crippen molar-refractivity contribution in [2.75, 3.05) is 12.8 Å². The van der Waals surface area contributed by atoms with Gasteiger partial charge in [-0.05, 0) is 24.3 Å². The Balaban J connectivity index is 2.36. The molecule has 0 aromatic heterocycles. The van der Waals surface area contributed by atoms with Crippen molar-refractivity contribution in [1.29, 1.82) is 0 Å². The van der Waals surface area contributed by atoms with E-state index in [-0.39, 0.29) is 33.3 Å². The maximum Gasteiger partial charge on any atom is 0.255 e. The van der Waals surface area contributed by atoms with Crippen LogP contribution >= 0.6 is 11.6 Å². The van der Waals surface area contributed by atoms with Crippen LogP contribution in [-0.4, -0.2) is 32.0 Å². The molecule has 0 radical (unpaired) electrons. The molecule has 0 aliphatic heterocycles. The Labute approximate surface area is 145 Å². The smallest absolute Gasteiger partial charge is 0.255 e. The largest absolute Gasteiger partial charge is 0.337 e. The molecule has 0 bridgehead atoms. The molecule has 0 unspecified atom stereocenters. The van der Waals surface area contributed by atoms with Gasteiger partial charge in [-0.15, -0.1) is 0 Å². The predicted octanol–water partition coefficient (Wildman–Crippen LogP) is 3.54. The highest BCUT2D eigenvalue weighted by molar-refractivity contribution is 7.91. The summed E-state index contributed by atoms with van der Waals surface area (Å²) < 4.78 is 38.2. The maximum absolute atomic E-state index is 13.9. The van der Waals surface area contributed by atoms with Gasteiger partial charge in [-0.2, -0.15) is 0 Å². The molecule has 4 nitrogen and oxygen atoms in total. The summed E-state index contributed by atoms with van der Waals surface area (Å²) in [5.74, 6) is -1.14. The molecule has 0 saturated heterocycles. The number of amides is 1. The van der Waals surface area contributed by atoms with Crippen LogP contribution in [-0.2, 0) is 16.4 Å². The number of hydrogen-bond acceptors (Lipinski definition) is 3. The van der Waals surface area contributed by atoms with Crippen molar-refractivity contribution < 1.29 is 17.6 Å². The molecule has 24 heavy (non-hydrogen) atoms. The molecule has 2 aromatic rings. The minimum absolute atomic E-state index is 0.0241. The summed E-state index contributed by atoms with van der Waals surface area (Å²) >= 11 is 5.98. The third-order valence-corrected chi connectivity index (χ3v) is 5.78. The highest BCUT2D eigenvalue weighted by atomic mass is 35.5. The Morgan fingerprint density at radius 2 is 1.83 bits per heavy atom. The number of sulfone groups is 1. The van der Waals surface area contributed by atoms with Crippen molar-refractivity contribution >= 4 is 27.3 Å². The molecular formula is C17H17ClFNO3S. The van der Waals surface area contributed by atoms with Crippen LogP contribution in [0.2, 0.25) is 5.02 Å². The van der Waals surface area contributed by atoms with Gasteiger partial charge in [-0.1, -0.05) is 36.7 Å². The Kier molecular flexibility index (Phi) is 5.62. The lowest BCUT2D eigenvalue weighted by Crippen LogP contribution is -2.28. The normalized spacial score (nSPS) is 11.3. The first-order chi connectivity index (χ1) is 11.3. The number of hydrogen-bond donors (Lipinski definition) is 0. The van der Waals surface area contributed by atoms with E-state index in [1.54, 1.807) is 12.1 Å². The Bertz CT molecular complexity index is 848. The lowest BCUT2D eigenvalue weighted by atomic mass is 10.1. The van der Waals surface area contributed by atoms with E-state index in [4.69, 9.17) is 11.6 Å². The molecule has 0 heterocycles. The van der Waals surface area contributed by atoms with E-state index in [1.807, 2.05) is 0 Å². The van der Waals surface area contributed by atoms with Gasteiger partial charge in [0.25, 0.3) is 5.91 Å². The summed E-state index contributed by atoms with van der Waals surface area (Å²) in [7, 11) is -2.07. The van der Waals surface area contributed by atoms with Crippen LogP contribution in [0.4, 0.5) is 4.39 Å². The number of carbonyl (C=O) groups is 1. The standard InChI is InChI=1S/C17H17ClFNO3S/c1-3-24(22,23)16-10-5-4-7-12(16)17(21)20(2)11-13-14(18)8-6-9-15(13)19/h4-10H,3,11H2,1-2H3. The van der Waals surface area contributed by atoms with Gasteiger partial charge in [0.05, 0.1) is 16.2 Å². The third kappa shape index (κ3) is 3.76. The Morgan fingerprint density at radius 1 is 1.17 bits per heavy atom. The lowest BCUT2D eigenvalue weighted by molar-refractivity contribution is 0.0780. The molecule has 1 amide bonds. The van der Waals surface area contributed by atoms with Gasteiger partial charge >= 0.3 is 0 Å². The van der Waals surface area contributed by atoms with Crippen LogP contribution in [0.15, 0.2) is 47.4 Å². The fourth-order valence-corrected chi connectivity index (χ4v) is 3.58. The highest BCUT2D eigenvalue weighted by Gasteiger charge is 2.23. The Morgan fingerprint density at radius 3 is 2.46 bits per heavy atom. The average Bonchev–Trinajstić information content (AvgIpc) is 2.57. The van der Waals surface area contributed by atoms with Crippen molar-refractivity contribution in [2.45, 2.75) is 18.4 Å². The number of carbonyl (C=O) groups excluding carboxylic acids is 1. The fourth-order valence-electron chi connectivity index (χ4n) is 2.27. The summed E-state index contributed by atoms with van der Waals surface area (Å²) in [4.78, 5) is 13.9. The van der Waals surface area contributed by atoms with E-state index in [2.05, 4.69) is 0 Å². The van der Waals surface area contributed by atoms with Gasteiger partial charge in [0.1, 0.15) is 5.82 Å². The molecule has 0 aliphatic rings. The second kappa shape index (κ2) is 7.32. The van der Waals surface area contributed by atoms with E-state index in [0.29, 0.717) is 0 Å². The number of rotatable bonds is 5. The molecule has 0 atom stereocenters. The van der Waals surface area contributed by atoms with Crippen molar-refractivity contribution in [3.05, 3.63) is 64.4 Å². The Hall–Kier alpha value is -1.92. The molecule has 0 saturated carbocycles. The monoisotopic (exact) mass is 369 g/mol. The molecule has 0 aliphatic carbocycles. The summed E-state index contributed by atoms with van der Waals surface area (Å²) in [5.41, 5.74) is 0.250. The van der Waals surface area contributed by atoms with Crippen LogP contribution in [0.1, 0.15) is 22.8 Å². The first-order valence-corrected chi connectivity index (χ1v) is 9.31. The lowest BCUT2D eigenvalue weighted by Gasteiger charge is -2.20. The fraction of sp³-hybridized carbons (Fsp3) is 0.235. The SMILES string of the molecule is CCS(=O)(=O)c1ccccc1C(=O)N(C)Cc1c(F)cccc1Cl. The first-order valence-electron chi connectivity index (χ1n) is 7.28. The minimum Gasteiger partial charge on any atom is -0.337 e. The number of halogens is 2. The van der Waals surface area contributed by atoms with E-state index in [9.17, 15) is 17.6 Å².